The van der Waals surface area contributed by atoms with Crippen molar-refractivity contribution in [2.75, 3.05) is 20.8 Å². The van der Waals surface area contributed by atoms with E-state index < -0.39 is 0 Å². The lowest BCUT2D eigenvalue weighted by Crippen LogP contribution is -2.40. The summed E-state index contributed by atoms with van der Waals surface area (Å²) in [7, 11) is 3.34. The Morgan fingerprint density at radius 2 is 1.94 bits per heavy atom. The highest BCUT2D eigenvalue weighted by Crippen LogP contribution is 2.24. The van der Waals surface area contributed by atoms with Crippen molar-refractivity contribution in [1.82, 2.24) is 5.32 Å². The van der Waals surface area contributed by atoms with E-state index in [2.05, 4.69) is 19.2 Å². The molecule has 0 radical (unpaired) electrons. The highest BCUT2D eigenvalue weighted by molar-refractivity contribution is 5.40. The fourth-order valence-corrected chi connectivity index (χ4v) is 1.80. The lowest BCUT2D eigenvalue weighted by molar-refractivity contribution is 0.355. The van der Waals surface area contributed by atoms with Crippen molar-refractivity contribution in [1.29, 1.82) is 0 Å². The van der Waals surface area contributed by atoms with Gasteiger partial charge in [-0.3, -0.25) is 0 Å². The molecule has 0 saturated carbocycles. The molecule has 0 heterocycles. The summed E-state index contributed by atoms with van der Waals surface area (Å²) in [5.41, 5.74) is 6.70. The molecular weight excluding hydrogens is 228 g/mol. The highest BCUT2D eigenvalue weighted by atomic mass is 16.5. The number of hydrogen-bond donors (Lipinski definition) is 2. The second kappa shape index (κ2) is 6.61. The van der Waals surface area contributed by atoms with Crippen molar-refractivity contribution < 1.29 is 9.47 Å². The van der Waals surface area contributed by atoms with Gasteiger partial charge in [-0.05, 0) is 45.0 Å². The monoisotopic (exact) mass is 252 g/mol. The lowest BCUT2D eigenvalue weighted by Gasteiger charge is -2.26. The van der Waals surface area contributed by atoms with Gasteiger partial charge in [0.25, 0.3) is 0 Å². The van der Waals surface area contributed by atoms with Crippen molar-refractivity contribution in [2.45, 2.75) is 32.4 Å². The molecule has 0 spiro atoms. The normalized spacial score (nSPS) is 11.4. The third kappa shape index (κ3) is 4.20. The molecule has 102 valence electrons. The Hall–Kier alpha value is -1.26. The molecule has 4 heteroatoms. The van der Waals surface area contributed by atoms with Gasteiger partial charge in [-0.15, -0.1) is 0 Å². The molecule has 0 aliphatic rings. The highest BCUT2D eigenvalue weighted by Gasteiger charge is 2.16. The minimum atomic E-state index is 0.0167. The predicted molar refractivity (Wildman–Crippen MR) is 74.1 cm³/mol. The van der Waals surface area contributed by atoms with Crippen LogP contribution in [0.3, 0.4) is 0 Å². The van der Waals surface area contributed by atoms with Crippen LogP contribution in [0.15, 0.2) is 18.2 Å². The Balaban J connectivity index is 2.76. The van der Waals surface area contributed by atoms with Crippen LogP contribution in [0, 0.1) is 0 Å². The van der Waals surface area contributed by atoms with Crippen LogP contribution in [0.5, 0.6) is 11.5 Å². The Kier molecular flexibility index (Phi) is 5.44. The zero-order valence-electron chi connectivity index (χ0n) is 11.7. The predicted octanol–water partition coefficient (Wildman–Crippen LogP) is 1.92. The standard InChI is InChI=1S/C14H24N2O2/c1-14(2,7-8-15)16-10-11-9-12(17-3)5-6-13(11)18-4/h5-6,9,16H,7-8,10,15H2,1-4H3. The summed E-state index contributed by atoms with van der Waals surface area (Å²) in [5.74, 6) is 1.70. The van der Waals surface area contributed by atoms with Crippen LogP contribution in [0.25, 0.3) is 0 Å². The zero-order chi connectivity index (χ0) is 13.6. The van der Waals surface area contributed by atoms with Gasteiger partial charge in [-0.1, -0.05) is 0 Å². The van der Waals surface area contributed by atoms with Crippen molar-refractivity contribution in [3.8, 4) is 11.5 Å². The number of ether oxygens (including phenoxy) is 2. The quantitative estimate of drug-likeness (QED) is 0.778. The molecule has 0 amide bonds. The topological polar surface area (TPSA) is 56.5 Å². The van der Waals surface area contributed by atoms with Gasteiger partial charge in [0.2, 0.25) is 0 Å². The molecule has 18 heavy (non-hydrogen) atoms. The summed E-state index contributed by atoms with van der Waals surface area (Å²) in [4.78, 5) is 0. The maximum Gasteiger partial charge on any atom is 0.123 e. The van der Waals surface area contributed by atoms with E-state index in [4.69, 9.17) is 15.2 Å². The SMILES string of the molecule is COc1ccc(OC)c(CNC(C)(C)CCN)c1. The molecule has 1 rings (SSSR count). The van der Waals surface area contributed by atoms with Gasteiger partial charge in [0.05, 0.1) is 14.2 Å². The van der Waals surface area contributed by atoms with E-state index in [-0.39, 0.29) is 5.54 Å². The van der Waals surface area contributed by atoms with Gasteiger partial charge >= 0.3 is 0 Å². The molecule has 0 fully saturated rings. The van der Waals surface area contributed by atoms with Crippen molar-refractivity contribution in [2.24, 2.45) is 5.73 Å². The van der Waals surface area contributed by atoms with Gasteiger partial charge < -0.3 is 20.5 Å². The van der Waals surface area contributed by atoms with E-state index >= 15 is 0 Å². The maximum atomic E-state index is 5.60. The van der Waals surface area contributed by atoms with E-state index in [0.717, 1.165) is 30.0 Å². The van der Waals surface area contributed by atoms with E-state index in [1.165, 1.54) is 0 Å². The van der Waals surface area contributed by atoms with Crippen LogP contribution in [-0.4, -0.2) is 26.3 Å². The van der Waals surface area contributed by atoms with Gasteiger partial charge in [0.15, 0.2) is 0 Å². The van der Waals surface area contributed by atoms with Crippen LogP contribution in [0.2, 0.25) is 0 Å². The molecule has 0 unspecified atom stereocenters. The summed E-state index contributed by atoms with van der Waals surface area (Å²) in [6, 6.07) is 5.81. The first-order valence-corrected chi connectivity index (χ1v) is 6.18. The lowest BCUT2D eigenvalue weighted by atomic mass is 10.0. The zero-order valence-corrected chi connectivity index (χ0v) is 11.7. The Bertz CT molecular complexity index is 378. The number of rotatable bonds is 7. The number of benzene rings is 1. The first-order valence-electron chi connectivity index (χ1n) is 6.18. The van der Waals surface area contributed by atoms with Crippen molar-refractivity contribution >= 4 is 0 Å². The Labute approximate surface area is 109 Å². The summed E-state index contributed by atoms with van der Waals surface area (Å²) < 4.78 is 10.6. The van der Waals surface area contributed by atoms with Crippen molar-refractivity contribution in [3.63, 3.8) is 0 Å². The maximum absolute atomic E-state index is 5.60. The first-order chi connectivity index (χ1) is 8.52. The first kappa shape index (κ1) is 14.8. The molecule has 0 saturated heterocycles. The van der Waals surface area contributed by atoms with Gasteiger partial charge in [-0.2, -0.15) is 0 Å². The third-order valence-electron chi connectivity index (χ3n) is 3.01. The van der Waals surface area contributed by atoms with Gasteiger partial charge in [0.1, 0.15) is 11.5 Å². The molecule has 0 aromatic heterocycles. The fourth-order valence-electron chi connectivity index (χ4n) is 1.80. The fraction of sp³-hybridized carbons (Fsp3) is 0.571. The van der Waals surface area contributed by atoms with E-state index in [1.54, 1.807) is 14.2 Å². The van der Waals surface area contributed by atoms with E-state index in [9.17, 15) is 0 Å². The largest absolute Gasteiger partial charge is 0.497 e. The van der Waals surface area contributed by atoms with Crippen LogP contribution in [-0.2, 0) is 6.54 Å². The average Bonchev–Trinajstić information content (AvgIpc) is 2.36. The summed E-state index contributed by atoms with van der Waals surface area (Å²) in [5, 5.41) is 3.49. The van der Waals surface area contributed by atoms with Gasteiger partial charge in [-0.25, -0.2) is 0 Å². The van der Waals surface area contributed by atoms with Crippen LogP contribution >= 0.6 is 0 Å². The molecule has 1 aromatic rings. The van der Waals surface area contributed by atoms with Crippen LogP contribution in [0.1, 0.15) is 25.8 Å². The smallest absolute Gasteiger partial charge is 0.123 e. The summed E-state index contributed by atoms with van der Waals surface area (Å²) in [6.07, 6.45) is 0.930. The summed E-state index contributed by atoms with van der Waals surface area (Å²) in [6.45, 7) is 5.70. The molecule has 0 atom stereocenters. The number of methoxy groups -OCH3 is 2. The van der Waals surface area contributed by atoms with Crippen LogP contribution < -0.4 is 20.5 Å². The Morgan fingerprint density at radius 1 is 1.22 bits per heavy atom. The second-order valence-corrected chi connectivity index (χ2v) is 4.95. The summed E-state index contributed by atoms with van der Waals surface area (Å²) >= 11 is 0. The van der Waals surface area contributed by atoms with E-state index in [0.29, 0.717) is 6.54 Å². The molecular formula is C14H24N2O2. The van der Waals surface area contributed by atoms with Crippen molar-refractivity contribution in [3.05, 3.63) is 23.8 Å². The molecule has 1 aromatic carbocycles. The number of nitrogens with one attached hydrogen (secondary N) is 1. The van der Waals surface area contributed by atoms with E-state index in [1.807, 2.05) is 18.2 Å². The average molecular weight is 252 g/mol. The molecule has 4 nitrogen and oxygen atoms in total. The Morgan fingerprint density at radius 3 is 2.50 bits per heavy atom. The minimum absolute atomic E-state index is 0.0167. The minimum Gasteiger partial charge on any atom is -0.497 e. The number of nitrogens with two attached hydrogens (primary N) is 1. The third-order valence-corrected chi connectivity index (χ3v) is 3.01. The van der Waals surface area contributed by atoms with Gasteiger partial charge in [0, 0.05) is 17.6 Å². The van der Waals surface area contributed by atoms with Crippen LogP contribution in [0.4, 0.5) is 0 Å². The number of hydrogen-bond acceptors (Lipinski definition) is 4. The molecule has 3 N–H and O–H groups in total. The molecule has 0 aliphatic carbocycles. The molecule has 0 aliphatic heterocycles. The second-order valence-electron chi connectivity index (χ2n) is 4.95. The molecule has 0 bridgehead atoms.